The molecular formula is C14H30N2. The third kappa shape index (κ3) is 4.06. The Labute approximate surface area is 102 Å². The number of unbranched alkanes of at least 4 members (excludes halogenated alkanes) is 1. The highest BCUT2D eigenvalue weighted by molar-refractivity contribution is 4.89. The molecule has 0 bridgehead atoms. The molecule has 0 radical (unpaired) electrons. The van der Waals surface area contributed by atoms with E-state index in [1.807, 2.05) is 0 Å². The van der Waals surface area contributed by atoms with Gasteiger partial charge in [0.25, 0.3) is 0 Å². The summed E-state index contributed by atoms with van der Waals surface area (Å²) in [5, 5.41) is 0. The van der Waals surface area contributed by atoms with Crippen molar-refractivity contribution in [3.05, 3.63) is 0 Å². The van der Waals surface area contributed by atoms with Gasteiger partial charge in [-0.05, 0) is 46.2 Å². The fourth-order valence-corrected chi connectivity index (χ4v) is 2.36. The summed E-state index contributed by atoms with van der Waals surface area (Å²) in [5.74, 6) is 0.913. The molecule has 2 nitrogen and oxygen atoms in total. The van der Waals surface area contributed by atoms with E-state index in [9.17, 15) is 0 Å². The first-order valence-corrected chi connectivity index (χ1v) is 6.94. The molecule has 1 fully saturated rings. The van der Waals surface area contributed by atoms with Crippen LogP contribution in [-0.4, -0.2) is 48.1 Å². The highest BCUT2D eigenvalue weighted by atomic mass is 15.3. The molecule has 0 N–H and O–H groups in total. The monoisotopic (exact) mass is 226 g/mol. The topological polar surface area (TPSA) is 6.48 Å². The SMILES string of the molecule is CCCCN(CC)CC1CN(C(C)(C)C)C1. The zero-order chi connectivity index (χ0) is 12.2. The molecule has 0 amide bonds. The van der Waals surface area contributed by atoms with Crippen molar-refractivity contribution < 1.29 is 0 Å². The van der Waals surface area contributed by atoms with Crippen LogP contribution in [0.2, 0.25) is 0 Å². The Kier molecular flexibility index (Phi) is 5.26. The summed E-state index contributed by atoms with van der Waals surface area (Å²) in [6.07, 6.45) is 2.67. The molecule has 1 aliphatic rings. The van der Waals surface area contributed by atoms with Crippen molar-refractivity contribution in [3.63, 3.8) is 0 Å². The number of rotatable bonds is 6. The third-order valence-electron chi connectivity index (χ3n) is 3.70. The molecule has 0 aromatic heterocycles. The maximum absolute atomic E-state index is 2.62. The van der Waals surface area contributed by atoms with E-state index in [0.717, 1.165) is 5.92 Å². The summed E-state index contributed by atoms with van der Waals surface area (Å²) in [7, 11) is 0. The van der Waals surface area contributed by atoms with Gasteiger partial charge in [0, 0.05) is 25.2 Å². The first kappa shape index (κ1) is 14.0. The zero-order valence-electron chi connectivity index (χ0n) is 11.9. The molecule has 0 unspecified atom stereocenters. The molecule has 0 aromatic carbocycles. The van der Waals surface area contributed by atoms with Crippen molar-refractivity contribution in [3.8, 4) is 0 Å². The Morgan fingerprint density at radius 3 is 2.25 bits per heavy atom. The van der Waals surface area contributed by atoms with Crippen LogP contribution >= 0.6 is 0 Å². The van der Waals surface area contributed by atoms with Gasteiger partial charge in [0.15, 0.2) is 0 Å². The van der Waals surface area contributed by atoms with Gasteiger partial charge >= 0.3 is 0 Å². The van der Waals surface area contributed by atoms with Crippen LogP contribution in [0.5, 0.6) is 0 Å². The lowest BCUT2D eigenvalue weighted by molar-refractivity contribution is -0.00136. The predicted molar refractivity (Wildman–Crippen MR) is 71.8 cm³/mol. The lowest BCUT2D eigenvalue weighted by Gasteiger charge is -2.49. The van der Waals surface area contributed by atoms with Gasteiger partial charge in [-0.25, -0.2) is 0 Å². The Bertz CT molecular complexity index is 189. The van der Waals surface area contributed by atoms with Crippen LogP contribution in [-0.2, 0) is 0 Å². The van der Waals surface area contributed by atoms with Crippen molar-refractivity contribution in [1.82, 2.24) is 9.80 Å². The van der Waals surface area contributed by atoms with Crippen LogP contribution in [0, 0.1) is 5.92 Å². The van der Waals surface area contributed by atoms with Crippen LogP contribution in [0.15, 0.2) is 0 Å². The summed E-state index contributed by atoms with van der Waals surface area (Å²) in [6, 6.07) is 0. The fraction of sp³-hybridized carbons (Fsp3) is 1.00. The fourth-order valence-electron chi connectivity index (χ4n) is 2.36. The van der Waals surface area contributed by atoms with Crippen LogP contribution in [0.25, 0.3) is 0 Å². The maximum Gasteiger partial charge on any atom is 0.0125 e. The van der Waals surface area contributed by atoms with Gasteiger partial charge in [-0.15, -0.1) is 0 Å². The van der Waals surface area contributed by atoms with E-state index < -0.39 is 0 Å². The number of likely N-dealkylation sites (tertiary alicyclic amines) is 1. The standard InChI is InChI=1S/C14H30N2/c1-6-8-9-15(7-2)10-13-11-16(12-13)14(3,4)5/h13H,6-12H2,1-5H3. The minimum atomic E-state index is 0.372. The van der Waals surface area contributed by atoms with Crippen molar-refractivity contribution in [2.45, 2.75) is 53.0 Å². The van der Waals surface area contributed by atoms with Crippen LogP contribution in [0.4, 0.5) is 0 Å². The van der Waals surface area contributed by atoms with Gasteiger partial charge in [-0.3, -0.25) is 4.90 Å². The Morgan fingerprint density at radius 2 is 1.81 bits per heavy atom. The number of nitrogens with zero attached hydrogens (tertiary/aromatic N) is 2. The average Bonchev–Trinajstić information content (AvgIpc) is 2.13. The summed E-state index contributed by atoms with van der Waals surface area (Å²) in [5.41, 5.74) is 0.372. The third-order valence-corrected chi connectivity index (χ3v) is 3.70. The maximum atomic E-state index is 2.62. The average molecular weight is 226 g/mol. The minimum Gasteiger partial charge on any atom is -0.303 e. The van der Waals surface area contributed by atoms with E-state index in [-0.39, 0.29) is 0 Å². The first-order valence-electron chi connectivity index (χ1n) is 6.94. The molecule has 16 heavy (non-hydrogen) atoms. The quantitative estimate of drug-likeness (QED) is 0.687. The second kappa shape index (κ2) is 6.02. The van der Waals surface area contributed by atoms with Gasteiger partial charge < -0.3 is 4.90 Å². The smallest absolute Gasteiger partial charge is 0.0125 e. The minimum absolute atomic E-state index is 0.372. The van der Waals surface area contributed by atoms with E-state index in [1.165, 1.54) is 45.6 Å². The van der Waals surface area contributed by atoms with Crippen LogP contribution in [0.3, 0.4) is 0 Å². The molecule has 96 valence electrons. The molecule has 0 aliphatic carbocycles. The van der Waals surface area contributed by atoms with Gasteiger partial charge in [-0.2, -0.15) is 0 Å². The van der Waals surface area contributed by atoms with Gasteiger partial charge in [0.1, 0.15) is 0 Å². The van der Waals surface area contributed by atoms with E-state index in [4.69, 9.17) is 0 Å². The number of hydrogen-bond donors (Lipinski definition) is 0. The summed E-state index contributed by atoms with van der Waals surface area (Å²) < 4.78 is 0. The Morgan fingerprint density at radius 1 is 1.19 bits per heavy atom. The molecule has 1 aliphatic heterocycles. The summed E-state index contributed by atoms with van der Waals surface area (Å²) >= 11 is 0. The molecule has 0 aromatic rings. The second-order valence-electron chi connectivity index (χ2n) is 6.19. The van der Waals surface area contributed by atoms with Crippen LogP contribution < -0.4 is 0 Å². The van der Waals surface area contributed by atoms with Gasteiger partial charge in [-0.1, -0.05) is 20.3 Å². The van der Waals surface area contributed by atoms with Crippen molar-refractivity contribution in [2.75, 3.05) is 32.7 Å². The molecule has 2 heteroatoms. The first-order chi connectivity index (χ1) is 7.47. The van der Waals surface area contributed by atoms with E-state index in [1.54, 1.807) is 0 Å². The van der Waals surface area contributed by atoms with Crippen molar-refractivity contribution in [2.24, 2.45) is 5.92 Å². The molecule has 1 rings (SSSR count). The molecule has 1 heterocycles. The van der Waals surface area contributed by atoms with Crippen molar-refractivity contribution in [1.29, 1.82) is 0 Å². The Balaban J connectivity index is 2.20. The summed E-state index contributed by atoms with van der Waals surface area (Å²) in [4.78, 5) is 5.21. The van der Waals surface area contributed by atoms with E-state index in [0.29, 0.717) is 5.54 Å². The van der Waals surface area contributed by atoms with Gasteiger partial charge in [0.2, 0.25) is 0 Å². The normalized spacial score (nSPS) is 19.1. The van der Waals surface area contributed by atoms with Crippen LogP contribution in [0.1, 0.15) is 47.5 Å². The largest absolute Gasteiger partial charge is 0.303 e. The van der Waals surface area contributed by atoms with E-state index >= 15 is 0 Å². The molecule has 0 atom stereocenters. The molecular weight excluding hydrogens is 196 g/mol. The predicted octanol–water partition coefficient (Wildman–Crippen LogP) is 2.84. The highest BCUT2D eigenvalue weighted by Crippen LogP contribution is 2.25. The van der Waals surface area contributed by atoms with E-state index in [2.05, 4.69) is 44.4 Å². The molecule has 0 saturated carbocycles. The highest BCUT2D eigenvalue weighted by Gasteiger charge is 2.34. The molecule has 0 spiro atoms. The van der Waals surface area contributed by atoms with Gasteiger partial charge in [0.05, 0.1) is 0 Å². The Hall–Kier alpha value is -0.0800. The summed E-state index contributed by atoms with van der Waals surface area (Å²) in [6.45, 7) is 17.9. The second-order valence-corrected chi connectivity index (χ2v) is 6.19. The lowest BCUT2D eigenvalue weighted by Crippen LogP contribution is -2.58. The number of hydrogen-bond acceptors (Lipinski definition) is 2. The van der Waals surface area contributed by atoms with Crippen molar-refractivity contribution >= 4 is 0 Å². The molecule has 1 saturated heterocycles. The zero-order valence-corrected chi connectivity index (χ0v) is 11.9. The lowest BCUT2D eigenvalue weighted by atomic mass is 9.92.